The molecule has 8 heteroatoms. The van der Waals surface area contributed by atoms with Crippen molar-refractivity contribution in [1.82, 2.24) is 0 Å². The molecule has 3 unspecified atom stereocenters. The molecule has 0 aliphatic carbocycles. The van der Waals surface area contributed by atoms with Gasteiger partial charge in [-0.3, -0.25) is 9.59 Å². The third kappa shape index (κ3) is 6.46. The van der Waals surface area contributed by atoms with Gasteiger partial charge in [0.1, 0.15) is 5.92 Å². The molecular formula is C23H29F3O4S. The van der Waals surface area contributed by atoms with Gasteiger partial charge in [-0.15, -0.1) is 0 Å². The van der Waals surface area contributed by atoms with Crippen LogP contribution < -0.4 is 0 Å². The zero-order valence-electron chi connectivity index (χ0n) is 18.3. The Morgan fingerprint density at radius 3 is 2.23 bits per heavy atom. The van der Waals surface area contributed by atoms with Gasteiger partial charge in [-0.2, -0.15) is 13.2 Å². The number of rotatable bonds is 8. The molecule has 0 saturated heterocycles. The standard InChI is InChI=1S/C23H29F3O4S/c1-14-10-15(2)19(16(3)11-14)20(21(28)30-5)18(27)12-22(4,29)7-9-31-8-6-17(13-31)23(24,25)26/h6,8,10-11,13,20,29,31H,7,9,12H2,1-5H3. The van der Waals surface area contributed by atoms with Crippen molar-refractivity contribution in [2.45, 2.75) is 58.2 Å². The Labute approximate surface area is 183 Å². The molecule has 0 fully saturated rings. The number of ether oxygens (including phenoxy) is 1. The van der Waals surface area contributed by atoms with E-state index in [0.717, 1.165) is 22.8 Å². The Hall–Kier alpha value is -2.06. The number of benzene rings is 1. The predicted octanol–water partition coefficient (Wildman–Crippen LogP) is 4.94. The topological polar surface area (TPSA) is 63.6 Å². The van der Waals surface area contributed by atoms with E-state index >= 15 is 0 Å². The predicted molar refractivity (Wildman–Crippen MR) is 117 cm³/mol. The average molecular weight is 459 g/mol. The van der Waals surface area contributed by atoms with Gasteiger partial charge in [0.25, 0.3) is 0 Å². The lowest BCUT2D eigenvalue weighted by molar-refractivity contribution is -0.146. The summed E-state index contributed by atoms with van der Waals surface area (Å²) in [5.74, 6) is -2.02. The van der Waals surface area contributed by atoms with Crippen LogP contribution in [0.25, 0.3) is 0 Å². The second-order valence-electron chi connectivity index (χ2n) is 8.29. The number of aryl methyl sites for hydroxylation is 3. The molecule has 172 valence electrons. The maximum absolute atomic E-state index is 13.1. The second kappa shape index (κ2) is 9.61. The van der Waals surface area contributed by atoms with E-state index in [2.05, 4.69) is 0 Å². The van der Waals surface area contributed by atoms with Crippen LogP contribution in [-0.2, 0) is 14.3 Å². The summed E-state index contributed by atoms with van der Waals surface area (Å²) in [6.45, 7) is 7.02. The Morgan fingerprint density at radius 2 is 1.74 bits per heavy atom. The average Bonchev–Trinajstić information content (AvgIpc) is 3.11. The van der Waals surface area contributed by atoms with E-state index in [9.17, 15) is 27.9 Å². The number of hydrogen-bond acceptors (Lipinski definition) is 4. The van der Waals surface area contributed by atoms with Crippen LogP contribution in [0, 0.1) is 20.8 Å². The molecule has 1 heterocycles. The van der Waals surface area contributed by atoms with Crippen molar-refractivity contribution in [2.75, 3.05) is 12.9 Å². The molecule has 0 amide bonds. The molecule has 2 rings (SSSR count). The fourth-order valence-electron chi connectivity index (χ4n) is 3.86. The monoisotopic (exact) mass is 458 g/mol. The van der Waals surface area contributed by atoms with Crippen LogP contribution in [0.1, 0.15) is 47.9 Å². The molecular weight excluding hydrogens is 429 g/mol. The van der Waals surface area contributed by atoms with Crippen molar-refractivity contribution in [3.63, 3.8) is 0 Å². The quantitative estimate of drug-likeness (QED) is 0.329. The van der Waals surface area contributed by atoms with Crippen LogP contribution in [0.5, 0.6) is 0 Å². The molecule has 0 saturated carbocycles. The fraction of sp³-hybridized carbons (Fsp3) is 0.478. The second-order valence-corrected chi connectivity index (χ2v) is 10.3. The molecule has 1 aromatic rings. The normalized spacial score (nSPS) is 20.2. The third-order valence-electron chi connectivity index (χ3n) is 5.33. The lowest BCUT2D eigenvalue weighted by Gasteiger charge is -2.27. The highest BCUT2D eigenvalue weighted by Gasteiger charge is 2.37. The third-order valence-corrected chi connectivity index (χ3v) is 7.21. The summed E-state index contributed by atoms with van der Waals surface area (Å²) in [5.41, 5.74) is 1.00. The van der Waals surface area contributed by atoms with E-state index in [1.54, 1.807) is 0 Å². The zero-order valence-corrected chi connectivity index (χ0v) is 19.2. The Morgan fingerprint density at radius 1 is 1.16 bits per heavy atom. The molecule has 1 N–H and O–H groups in total. The number of esters is 1. The Kier molecular flexibility index (Phi) is 7.81. The Bertz CT molecular complexity index is 893. The van der Waals surface area contributed by atoms with Gasteiger partial charge in [0.05, 0.1) is 18.3 Å². The van der Waals surface area contributed by atoms with Gasteiger partial charge in [-0.05, 0) is 73.5 Å². The minimum absolute atomic E-state index is 0.135. The van der Waals surface area contributed by atoms with Gasteiger partial charge in [0.2, 0.25) is 0 Å². The van der Waals surface area contributed by atoms with Gasteiger partial charge in [-0.1, -0.05) is 17.7 Å². The first kappa shape index (κ1) is 25.2. The molecule has 0 bridgehead atoms. The van der Waals surface area contributed by atoms with Crippen LogP contribution in [0.4, 0.5) is 13.2 Å². The first-order chi connectivity index (χ1) is 14.2. The molecule has 3 atom stereocenters. The van der Waals surface area contributed by atoms with Crippen molar-refractivity contribution in [1.29, 1.82) is 0 Å². The van der Waals surface area contributed by atoms with E-state index in [0.29, 0.717) is 11.3 Å². The maximum Gasteiger partial charge on any atom is 0.416 e. The van der Waals surface area contributed by atoms with Crippen molar-refractivity contribution in [3.05, 3.63) is 56.9 Å². The van der Waals surface area contributed by atoms with Gasteiger partial charge in [0.15, 0.2) is 5.78 Å². The number of allylic oxidation sites excluding steroid dienone is 2. The van der Waals surface area contributed by atoms with Crippen molar-refractivity contribution in [2.24, 2.45) is 0 Å². The zero-order chi connectivity index (χ0) is 23.6. The molecule has 1 aromatic carbocycles. The minimum atomic E-state index is -4.39. The van der Waals surface area contributed by atoms with Crippen LogP contribution in [-0.4, -0.2) is 41.5 Å². The highest BCUT2D eigenvalue weighted by molar-refractivity contribution is 8.22. The number of methoxy groups -OCH3 is 1. The van der Waals surface area contributed by atoms with Gasteiger partial charge in [-0.25, -0.2) is 10.9 Å². The highest BCUT2D eigenvalue weighted by Crippen LogP contribution is 2.43. The number of carbonyl (C=O) groups excluding carboxylic acids is 2. The lowest BCUT2D eigenvalue weighted by atomic mass is 9.82. The van der Waals surface area contributed by atoms with Crippen molar-refractivity contribution >= 4 is 22.6 Å². The molecule has 1 aliphatic rings. The molecule has 31 heavy (non-hydrogen) atoms. The summed E-state index contributed by atoms with van der Waals surface area (Å²) < 4.78 is 43.2. The number of thiol groups is 1. The van der Waals surface area contributed by atoms with Crippen LogP contribution in [0.15, 0.2) is 34.6 Å². The summed E-state index contributed by atoms with van der Waals surface area (Å²) in [7, 11) is 0.0554. The van der Waals surface area contributed by atoms with Crippen molar-refractivity contribution < 1.29 is 32.6 Å². The molecule has 0 aromatic heterocycles. The Balaban J connectivity index is 2.15. The SMILES string of the molecule is COC(=O)C(C(=O)CC(C)(O)CC[SH]1C=CC(C(F)(F)F)=C1)c1c(C)cc(C)cc1C. The summed E-state index contributed by atoms with van der Waals surface area (Å²) in [6.07, 6.45) is -3.50. The fourth-order valence-corrected chi connectivity index (χ4v) is 5.90. The summed E-state index contributed by atoms with van der Waals surface area (Å²) >= 11 is 0. The first-order valence-corrected chi connectivity index (χ1v) is 11.6. The van der Waals surface area contributed by atoms with Gasteiger partial charge < -0.3 is 9.84 Å². The molecule has 0 radical (unpaired) electrons. The summed E-state index contributed by atoms with van der Waals surface area (Å²) in [5, 5.41) is 13.5. The number of halogens is 3. The van der Waals surface area contributed by atoms with Crippen LogP contribution in [0.3, 0.4) is 0 Å². The minimum Gasteiger partial charge on any atom is -0.468 e. The van der Waals surface area contributed by atoms with E-state index < -0.39 is 45.9 Å². The lowest BCUT2D eigenvalue weighted by Crippen LogP contribution is -2.34. The van der Waals surface area contributed by atoms with Crippen LogP contribution >= 0.6 is 10.9 Å². The molecule has 0 spiro atoms. The van der Waals surface area contributed by atoms with E-state index in [-0.39, 0.29) is 12.8 Å². The molecule has 1 aliphatic heterocycles. The van der Waals surface area contributed by atoms with Gasteiger partial charge >= 0.3 is 12.1 Å². The van der Waals surface area contributed by atoms with Crippen LogP contribution in [0.2, 0.25) is 0 Å². The number of Topliss-reactive ketones (excluding diaryl/α,β-unsaturated/α-hetero) is 1. The number of carbonyl (C=O) groups is 2. The van der Waals surface area contributed by atoms with Gasteiger partial charge in [0, 0.05) is 6.42 Å². The molecule has 4 nitrogen and oxygen atoms in total. The smallest absolute Gasteiger partial charge is 0.416 e. The first-order valence-electron chi connectivity index (χ1n) is 9.89. The summed E-state index contributed by atoms with van der Waals surface area (Å²) in [4.78, 5) is 25.6. The number of aliphatic hydroxyl groups is 1. The number of ketones is 1. The highest BCUT2D eigenvalue weighted by atomic mass is 32.2. The number of hydrogen-bond donors (Lipinski definition) is 2. The van der Waals surface area contributed by atoms with E-state index in [1.165, 1.54) is 24.8 Å². The van der Waals surface area contributed by atoms with E-state index in [1.807, 2.05) is 32.9 Å². The summed E-state index contributed by atoms with van der Waals surface area (Å²) in [6, 6.07) is 3.76. The largest absolute Gasteiger partial charge is 0.468 e. The number of alkyl halides is 3. The maximum atomic E-state index is 13.1. The van der Waals surface area contributed by atoms with E-state index in [4.69, 9.17) is 4.74 Å². The van der Waals surface area contributed by atoms with Crippen molar-refractivity contribution in [3.8, 4) is 0 Å².